The Balaban J connectivity index is 3.11. The highest BCUT2D eigenvalue weighted by Gasteiger charge is 2.18. The third-order valence-electron chi connectivity index (χ3n) is 2.23. The number of aryl methyl sites for hydroxylation is 1. The van der Waals surface area contributed by atoms with Crippen molar-refractivity contribution < 1.29 is 17.8 Å². The van der Waals surface area contributed by atoms with Gasteiger partial charge in [-0.3, -0.25) is 9.35 Å². The van der Waals surface area contributed by atoms with Crippen molar-refractivity contribution in [3.63, 3.8) is 0 Å². The average molecular weight is 271 g/mol. The summed E-state index contributed by atoms with van der Waals surface area (Å²) in [6.45, 7) is 7.18. The standard InChI is InChI=1S/C12H17NO4S/c1-8-7-9(18(15,16)17)5-6-10(8)11(14)13-12(2,3)4/h5-7H,1-4H3,(H,13,14)(H,15,16,17). The van der Waals surface area contributed by atoms with Crippen molar-refractivity contribution in [2.45, 2.75) is 38.1 Å². The fourth-order valence-corrected chi connectivity index (χ4v) is 2.03. The van der Waals surface area contributed by atoms with Gasteiger partial charge < -0.3 is 5.32 Å². The third-order valence-corrected chi connectivity index (χ3v) is 3.08. The Kier molecular flexibility index (Phi) is 3.83. The van der Waals surface area contributed by atoms with Crippen molar-refractivity contribution in [1.29, 1.82) is 0 Å². The van der Waals surface area contributed by atoms with Gasteiger partial charge in [0, 0.05) is 11.1 Å². The highest BCUT2D eigenvalue weighted by Crippen LogP contribution is 2.16. The summed E-state index contributed by atoms with van der Waals surface area (Å²) in [5.74, 6) is -0.276. The summed E-state index contributed by atoms with van der Waals surface area (Å²) in [6, 6.07) is 3.87. The number of benzene rings is 1. The van der Waals surface area contributed by atoms with E-state index in [1.165, 1.54) is 18.2 Å². The number of carbonyl (C=O) groups is 1. The predicted molar refractivity (Wildman–Crippen MR) is 68.2 cm³/mol. The molecule has 0 saturated carbocycles. The molecular formula is C12H17NO4S. The van der Waals surface area contributed by atoms with E-state index in [1.807, 2.05) is 20.8 Å². The van der Waals surface area contributed by atoms with Gasteiger partial charge in [-0.1, -0.05) is 0 Å². The van der Waals surface area contributed by atoms with Crippen LogP contribution in [0.1, 0.15) is 36.7 Å². The van der Waals surface area contributed by atoms with Gasteiger partial charge in [0.25, 0.3) is 16.0 Å². The van der Waals surface area contributed by atoms with Crippen LogP contribution in [0.5, 0.6) is 0 Å². The summed E-state index contributed by atoms with van der Waals surface area (Å²) >= 11 is 0. The number of nitrogens with one attached hydrogen (secondary N) is 1. The summed E-state index contributed by atoms with van der Waals surface area (Å²) in [6.07, 6.45) is 0. The largest absolute Gasteiger partial charge is 0.347 e. The molecule has 2 N–H and O–H groups in total. The number of amides is 1. The summed E-state index contributed by atoms with van der Waals surface area (Å²) in [4.78, 5) is 11.7. The first-order valence-electron chi connectivity index (χ1n) is 5.41. The fourth-order valence-electron chi connectivity index (χ4n) is 1.46. The van der Waals surface area contributed by atoms with Gasteiger partial charge in [-0.15, -0.1) is 0 Å². The van der Waals surface area contributed by atoms with E-state index in [9.17, 15) is 13.2 Å². The fraction of sp³-hybridized carbons (Fsp3) is 0.417. The first-order valence-corrected chi connectivity index (χ1v) is 6.85. The van der Waals surface area contributed by atoms with Crippen molar-refractivity contribution in [2.24, 2.45) is 0 Å². The lowest BCUT2D eigenvalue weighted by Crippen LogP contribution is -2.40. The van der Waals surface area contributed by atoms with Crippen molar-refractivity contribution in [3.8, 4) is 0 Å². The molecule has 0 spiro atoms. The van der Waals surface area contributed by atoms with Crippen LogP contribution >= 0.6 is 0 Å². The molecule has 0 radical (unpaired) electrons. The van der Waals surface area contributed by atoms with E-state index >= 15 is 0 Å². The van der Waals surface area contributed by atoms with Gasteiger partial charge in [-0.25, -0.2) is 0 Å². The number of hydrogen-bond donors (Lipinski definition) is 2. The molecule has 1 aromatic rings. The van der Waals surface area contributed by atoms with Crippen molar-refractivity contribution in [1.82, 2.24) is 5.32 Å². The van der Waals surface area contributed by atoms with Gasteiger partial charge in [0.15, 0.2) is 0 Å². The van der Waals surface area contributed by atoms with Crippen LogP contribution in [0.3, 0.4) is 0 Å². The normalized spacial score (nSPS) is 12.3. The molecule has 100 valence electrons. The van der Waals surface area contributed by atoms with Gasteiger partial charge in [0.1, 0.15) is 0 Å². The average Bonchev–Trinajstić information content (AvgIpc) is 2.12. The van der Waals surface area contributed by atoms with E-state index in [2.05, 4.69) is 5.32 Å². The van der Waals surface area contributed by atoms with Gasteiger partial charge in [-0.05, 0) is 51.5 Å². The quantitative estimate of drug-likeness (QED) is 0.803. The zero-order valence-electron chi connectivity index (χ0n) is 10.8. The molecule has 1 rings (SSSR count). The minimum Gasteiger partial charge on any atom is -0.347 e. The molecule has 18 heavy (non-hydrogen) atoms. The molecule has 0 atom stereocenters. The molecule has 0 aromatic heterocycles. The Labute approximate surface area is 107 Å². The predicted octanol–water partition coefficient (Wildman–Crippen LogP) is 1.77. The highest BCUT2D eigenvalue weighted by atomic mass is 32.2. The van der Waals surface area contributed by atoms with Crippen LogP contribution in [0.4, 0.5) is 0 Å². The van der Waals surface area contributed by atoms with E-state index in [1.54, 1.807) is 6.92 Å². The van der Waals surface area contributed by atoms with Crippen LogP contribution in [0.2, 0.25) is 0 Å². The SMILES string of the molecule is Cc1cc(S(=O)(=O)O)ccc1C(=O)NC(C)(C)C. The molecule has 0 fully saturated rings. The van der Waals surface area contributed by atoms with Crippen LogP contribution in [-0.4, -0.2) is 24.4 Å². The molecular weight excluding hydrogens is 254 g/mol. The second-order valence-corrected chi connectivity index (χ2v) is 6.58. The maximum atomic E-state index is 11.9. The molecule has 1 aromatic carbocycles. The number of rotatable bonds is 2. The second-order valence-electron chi connectivity index (χ2n) is 5.16. The van der Waals surface area contributed by atoms with Crippen molar-refractivity contribution >= 4 is 16.0 Å². The van der Waals surface area contributed by atoms with Crippen molar-refractivity contribution in [2.75, 3.05) is 0 Å². The molecule has 0 aliphatic heterocycles. The highest BCUT2D eigenvalue weighted by molar-refractivity contribution is 7.85. The molecule has 6 heteroatoms. The summed E-state index contributed by atoms with van der Waals surface area (Å²) in [5.41, 5.74) is 0.509. The van der Waals surface area contributed by atoms with E-state index in [-0.39, 0.29) is 16.3 Å². The molecule has 0 bridgehead atoms. The van der Waals surface area contributed by atoms with Crippen molar-refractivity contribution in [3.05, 3.63) is 29.3 Å². The Morgan fingerprint density at radius 3 is 2.22 bits per heavy atom. The van der Waals surface area contributed by atoms with Gasteiger partial charge >= 0.3 is 0 Å². The van der Waals surface area contributed by atoms with Crippen LogP contribution in [0, 0.1) is 6.92 Å². The van der Waals surface area contributed by atoms with Crippen LogP contribution < -0.4 is 5.32 Å². The van der Waals surface area contributed by atoms with E-state index in [0.717, 1.165) is 0 Å². The lowest BCUT2D eigenvalue weighted by atomic mass is 10.1. The smallest absolute Gasteiger partial charge is 0.294 e. The van der Waals surface area contributed by atoms with Gasteiger partial charge in [-0.2, -0.15) is 8.42 Å². The zero-order valence-corrected chi connectivity index (χ0v) is 11.6. The Bertz CT molecular complexity index is 570. The summed E-state index contributed by atoms with van der Waals surface area (Å²) in [7, 11) is -4.23. The first kappa shape index (κ1) is 14.7. The number of hydrogen-bond acceptors (Lipinski definition) is 3. The molecule has 0 heterocycles. The monoisotopic (exact) mass is 271 g/mol. The second kappa shape index (κ2) is 4.70. The Hall–Kier alpha value is -1.40. The molecule has 0 unspecified atom stereocenters. The first-order chi connectivity index (χ1) is 8.00. The van der Waals surface area contributed by atoms with Gasteiger partial charge in [0.2, 0.25) is 0 Å². The minimum absolute atomic E-state index is 0.215. The lowest BCUT2D eigenvalue weighted by molar-refractivity contribution is 0.0919. The molecule has 5 nitrogen and oxygen atoms in total. The lowest BCUT2D eigenvalue weighted by Gasteiger charge is -2.21. The maximum absolute atomic E-state index is 11.9. The zero-order chi connectivity index (χ0) is 14.1. The topological polar surface area (TPSA) is 83.5 Å². The third kappa shape index (κ3) is 3.82. The number of carbonyl (C=O) groups excluding carboxylic acids is 1. The van der Waals surface area contributed by atoms with Crippen LogP contribution in [0.15, 0.2) is 23.1 Å². The molecule has 1 amide bonds. The molecule has 0 aliphatic rings. The Morgan fingerprint density at radius 2 is 1.83 bits per heavy atom. The molecule has 0 saturated heterocycles. The minimum atomic E-state index is -4.23. The van der Waals surface area contributed by atoms with Crippen LogP contribution in [-0.2, 0) is 10.1 Å². The van der Waals surface area contributed by atoms with Crippen LogP contribution in [0.25, 0.3) is 0 Å². The maximum Gasteiger partial charge on any atom is 0.294 e. The van der Waals surface area contributed by atoms with Gasteiger partial charge in [0.05, 0.1) is 4.90 Å². The molecule has 0 aliphatic carbocycles. The summed E-state index contributed by atoms with van der Waals surface area (Å²) in [5, 5.41) is 2.78. The summed E-state index contributed by atoms with van der Waals surface area (Å²) < 4.78 is 30.8. The Morgan fingerprint density at radius 1 is 1.28 bits per heavy atom. The van der Waals surface area contributed by atoms with E-state index in [4.69, 9.17) is 4.55 Å². The van der Waals surface area contributed by atoms with E-state index < -0.39 is 10.1 Å². The van der Waals surface area contributed by atoms with E-state index in [0.29, 0.717) is 11.1 Å².